The standard InChI is InChI=1S/C13H17NO3S/c15-18(16)6-5-11(9-18)14-7-10-8-17-13-4-2-1-3-12(10)13/h1-4,10-11,14H,5-9H2. The number of hydrogen-bond donors (Lipinski definition) is 1. The average molecular weight is 267 g/mol. The van der Waals surface area contributed by atoms with Gasteiger partial charge < -0.3 is 10.1 Å². The van der Waals surface area contributed by atoms with Crippen LogP contribution in [0.25, 0.3) is 0 Å². The van der Waals surface area contributed by atoms with E-state index in [0.717, 1.165) is 18.7 Å². The molecule has 4 nitrogen and oxygen atoms in total. The van der Waals surface area contributed by atoms with E-state index in [1.807, 2.05) is 18.2 Å². The minimum Gasteiger partial charge on any atom is -0.493 e. The first kappa shape index (κ1) is 12.0. The highest BCUT2D eigenvalue weighted by molar-refractivity contribution is 7.91. The lowest BCUT2D eigenvalue weighted by molar-refractivity contribution is 0.323. The van der Waals surface area contributed by atoms with Crippen LogP contribution in [-0.2, 0) is 9.84 Å². The summed E-state index contributed by atoms with van der Waals surface area (Å²) in [5, 5.41) is 3.36. The topological polar surface area (TPSA) is 55.4 Å². The highest BCUT2D eigenvalue weighted by atomic mass is 32.2. The van der Waals surface area contributed by atoms with Crippen molar-refractivity contribution < 1.29 is 13.2 Å². The van der Waals surface area contributed by atoms with Gasteiger partial charge in [-0.25, -0.2) is 8.42 Å². The van der Waals surface area contributed by atoms with Gasteiger partial charge in [-0.05, 0) is 12.5 Å². The molecule has 0 bridgehead atoms. The third-order valence-corrected chi connectivity index (χ3v) is 5.45. The van der Waals surface area contributed by atoms with Crippen LogP contribution in [-0.4, -0.2) is 39.1 Å². The molecular formula is C13H17NO3S. The van der Waals surface area contributed by atoms with Gasteiger partial charge in [-0.2, -0.15) is 0 Å². The minimum absolute atomic E-state index is 0.114. The van der Waals surface area contributed by atoms with Gasteiger partial charge in [0.1, 0.15) is 5.75 Å². The molecule has 1 fully saturated rings. The second-order valence-electron chi connectivity index (χ2n) is 5.05. The summed E-state index contributed by atoms with van der Waals surface area (Å²) >= 11 is 0. The summed E-state index contributed by atoms with van der Waals surface area (Å²) in [6.07, 6.45) is 0.734. The van der Waals surface area contributed by atoms with Crippen LogP contribution in [0.3, 0.4) is 0 Å². The number of ether oxygens (including phenoxy) is 1. The van der Waals surface area contributed by atoms with Crippen molar-refractivity contribution in [3.63, 3.8) is 0 Å². The molecule has 2 heterocycles. The van der Waals surface area contributed by atoms with E-state index < -0.39 is 9.84 Å². The Balaban J connectivity index is 1.59. The fourth-order valence-corrected chi connectivity index (χ4v) is 4.37. The average Bonchev–Trinajstić information content (AvgIpc) is 2.90. The van der Waals surface area contributed by atoms with Gasteiger partial charge in [-0.3, -0.25) is 0 Å². The smallest absolute Gasteiger partial charge is 0.151 e. The molecule has 2 aliphatic rings. The van der Waals surface area contributed by atoms with Gasteiger partial charge >= 0.3 is 0 Å². The monoisotopic (exact) mass is 267 g/mol. The summed E-state index contributed by atoms with van der Waals surface area (Å²) in [6, 6.07) is 8.16. The molecule has 0 spiro atoms. The van der Waals surface area contributed by atoms with E-state index in [2.05, 4.69) is 11.4 Å². The molecule has 5 heteroatoms. The third-order valence-electron chi connectivity index (χ3n) is 3.68. The molecule has 0 aliphatic carbocycles. The lowest BCUT2D eigenvalue weighted by atomic mass is 10.0. The van der Waals surface area contributed by atoms with Crippen molar-refractivity contribution >= 4 is 9.84 Å². The normalized spacial score (nSPS) is 28.9. The molecule has 98 valence electrons. The van der Waals surface area contributed by atoms with E-state index in [0.29, 0.717) is 18.3 Å². The summed E-state index contributed by atoms with van der Waals surface area (Å²) in [4.78, 5) is 0. The lowest BCUT2D eigenvalue weighted by Gasteiger charge is -2.14. The summed E-state index contributed by atoms with van der Waals surface area (Å²) in [5.41, 5.74) is 1.23. The Morgan fingerprint density at radius 1 is 1.33 bits per heavy atom. The first-order valence-electron chi connectivity index (χ1n) is 6.29. The maximum Gasteiger partial charge on any atom is 0.151 e. The second-order valence-corrected chi connectivity index (χ2v) is 7.28. The van der Waals surface area contributed by atoms with Gasteiger partial charge in [0, 0.05) is 24.1 Å². The fraction of sp³-hybridized carbons (Fsp3) is 0.538. The van der Waals surface area contributed by atoms with Crippen LogP contribution in [0.4, 0.5) is 0 Å². The van der Waals surface area contributed by atoms with Gasteiger partial charge in [-0.15, -0.1) is 0 Å². The van der Waals surface area contributed by atoms with Gasteiger partial charge in [0.05, 0.1) is 18.1 Å². The van der Waals surface area contributed by atoms with Crippen molar-refractivity contribution in [3.8, 4) is 5.75 Å². The van der Waals surface area contributed by atoms with Crippen molar-refractivity contribution in [3.05, 3.63) is 29.8 Å². The lowest BCUT2D eigenvalue weighted by Crippen LogP contribution is -2.34. The zero-order valence-electron chi connectivity index (χ0n) is 10.1. The Kier molecular flexibility index (Phi) is 3.03. The summed E-state index contributed by atoms with van der Waals surface area (Å²) in [6.45, 7) is 1.48. The van der Waals surface area contributed by atoms with E-state index in [-0.39, 0.29) is 11.8 Å². The summed E-state index contributed by atoms with van der Waals surface area (Å²) in [7, 11) is -2.80. The van der Waals surface area contributed by atoms with Crippen LogP contribution in [0.5, 0.6) is 5.75 Å². The number of rotatable bonds is 3. The molecule has 1 N–H and O–H groups in total. The fourth-order valence-electron chi connectivity index (χ4n) is 2.66. The molecule has 2 unspecified atom stereocenters. The third kappa shape index (κ3) is 2.37. The minimum atomic E-state index is -2.80. The Hall–Kier alpha value is -1.07. The van der Waals surface area contributed by atoms with Gasteiger partial charge in [-0.1, -0.05) is 18.2 Å². The number of fused-ring (bicyclic) bond motifs is 1. The maximum absolute atomic E-state index is 11.4. The molecule has 0 saturated carbocycles. The molecule has 1 aromatic rings. The molecule has 1 saturated heterocycles. The van der Waals surface area contributed by atoms with Crippen molar-refractivity contribution in [2.75, 3.05) is 24.7 Å². The van der Waals surface area contributed by atoms with E-state index in [1.165, 1.54) is 5.56 Å². The van der Waals surface area contributed by atoms with E-state index in [4.69, 9.17) is 4.74 Å². The predicted molar refractivity (Wildman–Crippen MR) is 69.7 cm³/mol. The molecule has 0 aromatic heterocycles. The Morgan fingerprint density at radius 3 is 2.94 bits per heavy atom. The number of sulfone groups is 1. The van der Waals surface area contributed by atoms with Gasteiger partial charge in [0.15, 0.2) is 9.84 Å². The highest BCUT2D eigenvalue weighted by Gasteiger charge is 2.29. The van der Waals surface area contributed by atoms with Crippen molar-refractivity contribution in [1.82, 2.24) is 5.32 Å². The summed E-state index contributed by atoms with van der Waals surface area (Å²) < 4.78 is 28.4. The van der Waals surface area contributed by atoms with Crippen LogP contribution in [0.15, 0.2) is 24.3 Å². The van der Waals surface area contributed by atoms with Crippen molar-refractivity contribution in [1.29, 1.82) is 0 Å². The quantitative estimate of drug-likeness (QED) is 0.885. The first-order valence-corrected chi connectivity index (χ1v) is 8.12. The Morgan fingerprint density at radius 2 is 2.17 bits per heavy atom. The predicted octanol–water partition coefficient (Wildman–Crippen LogP) is 0.939. The van der Waals surface area contributed by atoms with Crippen molar-refractivity contribution in [2.45, 2.75) is 18.4 Å². The van der Waals surface area contributed by atoms with Crippen molar-refractivity contribution in [2.24, 2.45) is 0 Å². The molecule has 2 aliphatic heterocycles. The van der Waals surface area contributed by atoms with Crippen LogP contribution in [0.1, 0.15) is 17.9 Å². The van der Waals surface area contributed by atoms with Crippen LogP contribution < -0.4 is 10.1 Å². The Labute approximate surface area is 107 Å². The van der Waals surface area contributed by atoms with Crippen LogP contribution >= 0.6 is 0 Å². The number of para-hydroxylation sites is 1. The maximum atomic E-state index is 11.4. The van der Waals surface area contributed by atoms with E-state index in [9.17, 15) is 8.42 Å². The molecule has 2 atom stereocenters. The molecule has 0 radical (unpaired) electrons. The second kappa shape index (κ2) is 4.55. The molecular weight excluding hydrogens is 250 g/mol. The summed E-state index contributed by atoms with van der Waals surface area (Å²) in [5.74, 6) is 1.90. The van der Waals surface area contributed by atoms with Crippen LogP contribution in [0.2, 0.25) is 0 Å². The number of nitrogens with one attached hydrogen (secondary N) is 1. The molecule has 18 heavy (non-hydrogen) atoms. The highest BCUT2D eigenvalue weighted by Crippen LogP contribution is 2.33. The molecule has 3 rings (SSSR count). The first-order chi connectivity index (χ1) is 8.64. The van der Waals surface area contributed by atoms with Gasteiger partial charge in [0.2, 0.25) is 0 Å². The molecule has 0 amide bonds. The zero-order chi connectivity index (χ0) is 12.6. The van der Waals surface area contributed by atoms with E-state index in [1.54, 1.807) is 0 Å². The number of hydrogen-bond acceptors (Lipinski definition) is 4. The SMILES string of the molecule is O=S1(=O)CCC(NCC2COc3ccccc32)C1. The van der Waals surface area contributed by atoms with Gasteiger partial charge in [0.25, 0.3) is 0 Å². The molecule has 1 aromatic carbocycles. The number of benzene rings is 1. The largest absolute Gasteiger partial charge is 0.493 e. The Bertz CT molecular complexity index is 541. The van der Waals surface area contributed by atoms with E-state index >= 15 is 0 Å². The zero-order valence-corrected chi connectivity index (χ0v) is 10.9. The van der Waals surface area contributed by atoms with Crippen LogP contribution in [0, 0.1) is 0 Å².